The van der Waals surface area contributed by atoms with Crippen LogP contribution in [0.4, 0.5) is 0 Å². The normalized spacial score (nSPS) is 10.1. The van der Waals surface area contributed by atoms with Crippen LogP contribution in [-0.2, 0) is 0 Å². The first-order valence-electron chi connectivity index (χ1n) is 6.24. The van der Waals surface area contributed by atoms with Crippen molar-refractivity contribution in [3.63, 3.8) is 0 Å². The Morgan fingerprint density at radius 3 is 2.57 bits per heavy atom. The molecule has 3 aromatic rings. The Hall–Kier alpha value is -2.77. The first-order valence-corrected chi connectivity index (χ1v) is 6.62. The van der Waals surface area contributed by atoms with Crippen LogP contribution in [0.15, 0.2) is 54.7 Å². The van der Waals surface area contributed by atoms with Crippen LogP contribution in [0, 0.1) is 11.3 Å². The number of rotatable bonds is 3. The minimum absolute atomic E-state index is 0.329. The van der Waals surface area contributed by atoms with Gasteiger partial charge in [-0.2, -0.15) is 10.4 Å². The Morgan fingerprint density at radius 2 is 1.90 bits per heavy atom. The van der Waals surface area contributed by atoms with E-state index in [9.17, 15) is 0 Å². The van der Waals surface area contributed by atoms with Crippen LogP contribution in [0.1, 0.15) is 5.56 Å². The maximum absolute atomic E-state index is 9.12. The molecule has 1 heterocycles. The standard InChI is InChI=1S/C16H10ClN3O/c17-14-2-1-3-16(13(14)10-18)21-12-6-4-11(5-7-12)15-8-9-19-20-15/h1-9H,(H,19,20). The SMILES string of the molecule is N#Cc1c(Cl)cccc1Oc1ccc(-c2cc[nH]n2)cc1. The van der Waals surface area contributed by atoms with Crippen LogP contribution >= 0.6 is 11.6 Å². The maximum atomic E-state index is 9.12. The van der Waals surface area contributed by atoms with Crippen molar-refractivity contribution >= 4 is 11.6 Å². The van der Waals surface area contributed by atoms with E-state index in [1.165, 1.54) is 0 Å². The lowest BCUT2D eigenvalue weighted by Gasteiger charge is -2.08. The third-order valence-corrected chi connectivity index (χ3v) is 3.28. The zero-order chi connectivity index (χ0) is 14.7. The van der Waals surface area contributed by atoms with Crippen molar-refractivity contribution in [2.75, 3.05) is 0 Å². The summed E-state index contributed by atoms with van der Waals surface area (Å²) in [5.74, 6) is 1.07. The smallest absolute Gasteiger partial charge is 0.146 e. The molecule has 2 aromatic carbocycles. The van der Waals surface area contributed by atoms with E-state index in [0.717, 1.165) is 11.3 Å². The highest BCUT2D eigenvalue weighted by Gasteiger charge is 2.08. The molecular formula is C16H10ClN3O. The quantitative estimate of drug-likeness (QED) is 0.779. The number of benzene rings is 2. The Balaban J connectivity index is 1.87. The van der Waals surface area contributed by atoms with Crippen LogP contribution in [-0.4, -0.2) is 10.2 Å². The molecule has 0 aliphatic heterocycles. The minimum atomic E-state index is 0.329. The summed E-state index contributed by atoms with van der Waals surface area (Å²) in [4.78, 5) is 0. The minimum Gasteiger partial charge on any atom is -0.456 e. The second kappa shape index (κ2) is 5.70. The Bertz CT molecular complexity index is 789. The summed E-state index contributed by atoms with van der Waals surface area (Å²) in [6, 6.07) is 16.5. The van der Waals surface area contributed by atoms with Crippen molar-refractivity contribution in [1.82, 2.24) is 10.2 Å². The second-order valence-corrected chi connectivity index (χ2v) is 4.72. The van der Waals surface area contributed by atoms with E-state index in [-0.39, 0.29) is 0 Å². The number of nitriles is 1. The van der Waals surface area contributed by atoms with Crippen molar-refractivity contribution in [1.29, 1.82) is 5.26 Å². The summed E-state index contributed by atoms with van der Waals surface area (Å²) in [5, 5.41) is 16.4. The van der Waals surface area contributed by atoms with Crippen molar-refractivity contribution in [2.24, 2.45) is 0 Å². The number of nitrogens with one attached hydrogen (secondary N) is 1. The van der Waals surface area contributed by atoms with Crippen molar-refractivity contribution in [3.05, 3.63) is 65.3 Å². The summed E-state index contributed by atoms with van der Waals surface area (Å²) >= 11 is 5.97. The lowest BCUT2D eigenvalue weighted by molar-refractivity contribution is 0.481. The van der Waals surface area contributed by atoms with Gasteiger partial charge >= 0.3 is 0 Å². The highest BCUT2D eigenvalue weighted by Crippen LogP contribution is 2.30. The number of aromatic nitrogens is 2. The van der Waals surface area contributed by atoms with Crippen LogP contribution < -0.4 is 4.74 Å². The summed E-state index contributed by atoms with van der Waals surface area (Å²) in [5.41, 5.74) is 2.17. The van der Waals surface area contributed by atoms with E-state index in [0.29, 0.717) is 22.1 Å². The fourth-order valence-electron chi connectivity index (χ4n) is 1.94. The predicted octanol–water partition coefficient (Wildman–Crippen LogP) is 4.39. The van der Waals surface area contributed by atoms with Gasteiger partial charge in [0.05, 0.1) is 10.7 Å². The van der Waals surface area contributed by atoms with Gasteiger partial charge in [-0.25, -0.2) is 0 Å². The summed E-state index contributed by atoms with van der Waals surface area (Å²) in [6.07, 6.45) is 1.77. The van der Waals surface area contributed by atoms with Gasteiger partial charge in [-0.15, -0.1) is 0 Å². The summed E-state index contributed by atoms with van der Waals surface area (Å²) in [7, 11) is 0. The third kappa shape index (κ3) is 2.73. The van der Waals surface area contributed by atoms with Crippen molar-refractivity contribution in [2.45, 2.75) is 0 Å². The van der Waals surface area contributed by atoms with Crippen molar-refractivity contribution in [3.8, 4) is 28.8 Å². The molecule has 0 amide bonds. The van der Waals surface area contributed by atoms with Gasteiger partial charge in [0.1, 0.15) is 23.1 Å². The third-order valence-electron chi connectivity index (χ3n) is 2.97. The molecular weight excluding hydrogens is 286 g/mol. The maximum Gasteiger partial charge on any atom is 0.146 e. The monoisotopic (exact) mass is 295 g/mol. The zero-order valence-electron chi connectivity index (χ0n) is 10.9. The molecule has 0 aliphatic carbocycles. The largest absolute Gasteiger partial charge is 0.456 e. The molecule has 3 rings (SSSR count). The molecule has 102 valence electrons. The molecule has 0 radical (unpaired) electrons. The van der Waals surface area contributed by atoms with Gasteiger partial charge in [-0.3, -0.25) is 5.10 Å². The average Bonchev–Trinajstić information content (AvgIpc) is 3.03. The first-order chi connectivity index (χ1) is 10.3. The number of halogens is 1. The molecule has 1 aromatic heterocycles. The average molecular weight is 296 g/mol. The van der Waals surface area contributed by atoms with E-state index < -0.39 is 0 Å². The van der Waals surface area contributed by atoms with Gasteiger partial charge < -0.3 is 4.74 Å². The number of hydrogen-bond acceptors (Lipinski definition) is 3. The zero-order valence-corrected chi connectivity index (χ0v) is 11.6. The molecule has 0 aliphatic rings. The molecule has 0 unspecified atom stereocenters. The molecule has 5 heteroatoms. The predicted molar refractivity (Wildman–Crippen MR) is 80.3 cm³/mol. The Morgan fingerprint density at radius 1 is 1.10 bits per heavy atom. The molecule has 0 saturated heterocycles. The number of hydrogen-bond donors (Lipinski definition) is 1. The highest BCUT2D eigenvalue weighted by atomic mass is 35.5. The number of H-pyrrole nitrogens is 1. The fraction of sp³-hybridized carbons (Fsp3) is 0. The molecule has 21 heavy (non-hydrogen) atoms. The topological polar surface area (TPSA) is 61.7 Å². The highest BCUT2D eigenvalue weighted by molar-refractivity contribution is 6.31. The molecule has 1 N–H and O–H groups in total. The Labute approximate surface area is 126 Å². The van der Waals surface area contributed by atoms with Gasteiger partial charge in [0, 0.05) is 11.8 Å². The van der Waals surface area contributed by atoms with E-state index in [2.05, 4.69) is 10.2 Å². The molecule has 0 fully saturated rings. The molecule has 0 bridgehead atoms. The van der Waals surface area contributed by atoms with E-state index in [1.54, 1.807) is 24.4 Å². The number of nitrogens with zero attached hydrogens (tertiary/aromatic N) is 2. The van der Waals surface area contributed by atoms with E-state index >= 15 is 0 Å². The van der Waals surface area contributed by atoms with Crippen LogP contribution in [0.5, 0.6) is 11.5 Å². The van der Waals surface area contributed by atoms with Crippen LogP contribution in [0.25, 0.3) is 11.3 Å². The second-order valence-electron chi connectivity index (χ2n) is 4.31. The van der Waals surface area contributed by atoms with Gasteiger partial charge in [0.15, 0.2) is 0 Å². The summed E-state index contributed by atoms with van der Waals surface area (Å²) < 4.78 is 5.72. The van der Waals surface area contributed by atoms with E-state index in [4.69, 9.17) is 21.6 Å². The van der Waals surface area contributed by atoms with Crippen molar-refractivity contribution < 1.29 is 4.74 Å². The lowest BCUT2D eigenvalue weighted by Crippen LogP contribution is -1.89. The summed E-state index contributed by atoms with van der Waals surface area (Å²) in [6.45, 7) is 0. The lowest BCUT2D eigenvalue weighted by atomic mass is 10.1. The molecule has 4 nitrogen and oxygen atoms in total. The van der Waals surface area contributed by atoms with Gasteiger partial charge in [-0.05, 0) is 42.5 Å². The van der Waals surface area contributed by atoms with Gasteiger partial charge in [0.25, 0.3) is 0 Å². The van der Waals surface area contributed by atoms with Gasteiger partial charge in [-0.1, -0.05) is 17.7 Å². The molecule has 0 atom stereocenters. The number of ether oxygens (including phenoxy) is 1. The fourth-order valence-corrected chi connectivity index (χ4v) is 2.15. The van der Waals surface area contributed by atoms with Crippen LogP contribution in [0.2, 0.25) is 5.02 Å². The molecule has 0 saturated carbocycles. The molecule has 0 spiro atoms. The van der Waals surface area contributed by atoms with Gasteiger partial charge in [0.2, 0.25) is 0 Å². The Kier molecular flexibility index (Phi) is 3.59. The van der Waals surface area contributed by atoms with Crippen LogP contribution in [0.3, 0.4) is 0 Å². The first kappa shape index (κ1) is 13.2. The number of aromatic amines is 1. The van der Waals surface area contributed by atoms with E-state index in [1.807, 2.05) is 36.4 Å².